The summed E-state index contributed by atoms with van der Waals surface area (Å²) in [6, 6.07) is 6.00. The van der Waals surface area contributed by atoms with Gasteiger partial charge in [-0.05, 0) is 23.6 Å². The van der Waals surface area contributed by atoms with Gasteiger partial charge < -0.3 is 4.90 Å². The van der Waals surface area contributed by atoms with Crippen LogP contribution in [0.15, 0.2) is 24.3 Å². The van der Waals surface area contributed by atoms with Crippen LogP contribution in [-0.4, -0.2) is 45.0 Å². The molecule has 1 aromatic carbocycles. The molecule has 22 heavy (non-hydrogen) atoms. The van der Waals surface area contributed by atoms with Gasteiger partial charge in [0.05, 0.1) is 6.26 Å². The van der Waals surface area contributed by atoms with Crippen LogP contribution >= 0.6 is 0 Å². The summed E-state index contributed by atoms with van der Waals surface area (Å²) < 4.78 is 24.1. The average Bonchev–Trinajstić information content (AvgIpc) is 2.34. The second kappa shape index (κ2) is 6.48. The van der Waals surface area contributed by atoms with E-state index < -0.39 is 15.9 Å². The monoisotopic (exact) mass is 326 g/mol. The van der Waals surface area contributed by atoms with Gasteiger partial charge in [-0.1, -0.05) is 26.8 Å². The van der Waals surface area contributed by atoms with Crippen LogP contribution in [-0.2, 0) is 10.0 Å². The van der Waals surface area contributed by atoms with E-state index in [-0.39, 0.29) is 16.9 Å². The van der Waals surface area contributed by atoms with E-state index >= 15 is 0 Å². The van der Waals surface area contributed by atoms with Crippen molar-refractivity contribution >= 4 is 21.8 Å². The fourth-order valence-electron chi connectivity index (χ4n) is 2.02. The fraction of sp³-hybridized carbons (Fsp3) is 0.467. The molecule has 0 saturated heterocycles. The van der Waals surface area contributed by atoms with Crippen molar-refractivity contribution in [1.82, 2.24) is 9.62 Å². The van der Waals surface area contributed by atoms with Crippen LogP contribution in [0.2, 0.25) is 0 Å². The summed E-state index contributed by atoms with van der Waals surface area (Å²) in [5.74, 6) is -0.973. The zero-order valence-corrected chi connectivity index (χ0v) is 14.3. The highest BCUT2D eigenvalue weighted by atomic mass is 32.2. The van der Waals surface area contributed by atoms with Gasteiger partial charge in [-0.3, -0.25) is 9.59 Å². The Morgan fingerprint density at radius 1 is 1.18 bits per heavy atom. The van der Waals surface area contributed by atoms with Crippen molar-refractivity contribution < 1.29 is 18.0 Å². The predicted octanol–water partition coefficient (Wildman–Crippen LogP) is 1.49. The fourth-order valence-corrected chi connectivity index (χ4v) is 2.48. The standard InChI is InChI=1S/C15H22N2O4S/c1-15(2,3)10-17(4)14(19)12-8-6-7-11(9-12)13(18)16-22(5,20)21/h6-9H,10H2,1-5H3,(H,16,18). The molecule has 0 saturated carbocycles. The Hall–Kier alpha value is -1.89. The van der Waals surface area contributed by atoms with Gasteiger partial charge in [-0.2, -0.15) is 0 Å². The number of hydrogen-bond donors (Lipinski definition) is 1. The molecule has 2 amide bonds. The highest BCUT2D eigenvalue weighted by Gasteiger charge is 2.20. The molecule has 0 unspecified atom stereocenters. The summed E-state index contributed by atoms with van der Waals surface area (Å²) in [7, 11) is -1.95. The molecule has 0 aliphatic heterocycles. The molecule has 1 aromatic rings. The SMILES string of the molecule is CN(CC(C)(C)C)C(=O)c1cccc(C(=O)NS(C)(=O)=O)c1. The van der Waals surface area contributed by atoms with Crippen molar-refractivity contribution in [2.24, 2.45) is 5.41 Å². The van der Waals surface area contributed by atoms with E-state index in [9.17, 15) is 18.0 Å². The van der Waals surface area contributed by atoms with E-state index in [0.717, 1.165) is 6.26 Å². The molecule has 0 atom stereocenters. The number of carbonyl (C=O) groups is 2. The lowest BCUT2D eigenvalue weighted by Crippen LogP contribution is -2.34. The van der Waals surface area contributed by atoms with Gasteiger partial charge >= 0.3 is 0 Å². The van der Waals surface area contributed by atoms with Crippen molar-refractivity contribution in [2.75, 3.05) is 19.8 Å². The lowest BCUT2D eigenvalue weighted by Gasteiger charge is -2.26. The van der Waals surface area contributed by atoms with Crippen LogP contribution in [0.5, 0.6) is 0 Å². The van der Waals surface area contributed by atoms with E-state index in [4.69, 9.17) is 0 Å². The molecule has 1 N–H and O–H groups in total. The summed E-state index contributed by atoms with van der Waals surface area (Å²) in [5, 5.41) is 0. The first-order valence-electron chi connectivity index (χ1n) is 6.77. The molecule has 0 fully saturated rings. The number of nitrogens with one attached hydrogen (secondary N) is 1. The lowest BCUT2D eigenvalue weighted by atomic mass is 9.96. The van der Waals surface area contributed by atoms with Crippen molar-refractivity contribution in [3.63, 3.8) is 0 Å². The van der Waals surface area contributed by atoms with Crippen LogP contribution in [0.1, 0.15) is 41.5 Å². The topological polar surface area (TPSA) is 83.6 Å². The zero-order valence-electron chi connectivity index (χ0n) is 13.5. The highest BCUT2D eigenvalue weighted by Crippen LogP contribution is 2.16. The predicted molar refractivity (Wildman–Crippen MR) is 85.2 cm³/mol. The largest absolute Gasteiger partial charge is 0.341 e. The van der Waals surface area contributed by atoms with Crippen LogP contribution in [0, 0.1) is 5.41 Å². The Labute approximate surface area is 131 Å². The number of benzene rings is 1. The maximum atomic E-state index is 12.4. The van der Waals surface area contributed by atoms with Gasteiger partial charge in [0.25, 0.3) is 11.8 Å². The average molecular weight is 326 g/mol. The van der Waals surface area contributed by atoms with Crippen LogP contribution < -0.4 is 4.72 Å². The molecule has 7 heteroatoms. The van der Waals surface area contributed by atoms with Gasteiger partial charge in [0.2, 0.25) is 10.0 Å². The van der Waals surface area contributed by atoms with E-state index in [1.54, 1.807) is 24.1 Å². The van der Waals surface area contributed by atoms with Crippen molar-refractivity contribution in [3.05, 3.63) is 35.4 Å². The first-order chi connectivity index (χ1) is 9.89. The molecule has 0 aliphatic rings. The Morgan fingerprint density at radius 3 is 2.23 bits per heavy atom. The molecule has 122 valence electrons. The van der Waals surface area contributed by atoms with Crippen LogP contribution in [0.25, 0.3) is 0 Å². The lowest BCUT2D eigenvalue weighted by molar-refractivity contribution is 0.0745. The Morgan fingerprint density at radius 2 is 1.73 bits per heavy atom. The third-order valence-corrected chi connectivity index (χ3v) is 3.26. The van der Waals surface area contributed by atoms with Crippen LogP contribution in [0.4, 0.5) is 0 Å². The Bertz CT molecular complexity index is 675. The van der Waals surface area contributed by atoms with Crippen molar-refractivity contribution in [3.8, 4) is 0 Å². The van der Waals surface area contributed by atoms with Crippen molar-refractivity contribution in [2.45, 2.75) is 20.8 Å². The molecule has 0 bridgehead atoms. The van der Waals surface area contributed by atoms with Gasteiger partial charge in [0.15, 0.2) is 0 Å². The smallest absolute Gasteiger partial charge is 0.264 e. The first-order valence-corrected chi connectivity index (χ1v) is 8.66. The third-order valence-electron chi connectivity index (χ3n) is 2.71. The van der Waals surface area contributed by atoms with Gasteiger partial charge in [0.1, 0.15) is 0 Å². The minimum absolute atomic E-state index is 0.0459. The number of nitrogens with zero attached hydrogens (tertiary/aromatic N) is 1. The summed E-state index contributed by atoms with van der Waals surface area (Å²) >= 11 is 0. The number of carbonyl (C=O) groups excluding carboxylic acids is 2. The van der Waals surface area contributed by atoms with Gasteiger partial charge in [-0.25, -0.2) is 13.1 Å². The van der Waals surface area contributed by atoms with E-state index in [1.807, 2.05) is 25.5 Å². The number of sulfonamides is 1. The quantitative estimate of drug-likeness (QED) is 0.909. The molecule has 6 nitrogen and oxygen atoms in total. The molecular weight excluding hydrogens is 304 g/mol. The second-order valence-corrected chi connectivity index (χ2v) is 8.25. The van der Waals surface area contributed by atoms with Crippen LogP contribution in [0.3, 0.4) is 0 Å². The Kier molecular flexibility index (Phi) is 5.35. The third kappa shape index (κ3) is 5.85. The molecule has 0 heterocycles. The number of rotatable bonds is 4. The number of hydrogen-bond acceptors (Lipinski definition) is 4. The van der Waals surface area contributed by atoms with E-state index in [1.165, 1.54) is 12.1 Å². The molecule has 1 rings (SSSR count). The number of amides is 2. The molecular formula is C15H22N2O4S. The highest BCUT2D eigenvalue weighted by molar-refractivity contribution is 7.89. The summed E-state index contributed by atoms with van der Waals surface area (Å²) in [4.78, 5) is 25.8. The maximum Gasteiger partial charge on any atom is 0.264 e. The molecule has 0 spiro atoms. The Balaban J connectivity index is 2.97. The summed E-state index contributed by atoms with van der Waals surface area (Å²) in [5.41, 5.74) is 0.420. The maximum absolute atomic E-state index is 12.4. The minimum atomic E-state index is -3.64. The van der Waals surface area contributed by atoms with E-state index in [2.05, 4.69) is 0 Å². The molecule has 0 aliphatic carbocycles. The minimum Gasteiger partial charge on any atom is -0.341 e. The van der Waals surface area contributed by atoms with Crippen molar-refractivity contribution in [1.29, 1.82) is 0 Å². The van der Waals surface area contributed by atoms with Gasteiger partial charge in [-0.15, -0.1) is 0 Å². The summed E-state index contributed by atoms with van der Waals surface area (Å²) in [6.45, 7) is 6.62. The normalized spacial score (nSPS) is 11.9. The molecule has 0 aromatic heterocycles. The summed E-state index contributed by atoms with van der Waals surface area (Å²) in [6.07, 6.45) is 0.900. The molecule has 0 radical (unpaired) electrons. The zero-order chi connectivity index (χ0) is 17.1. The first kappa shape index (κ1) is 18.2. The second-order valence-electron chi connectivity index (χ2n) is 6.51. The van der Waals surface area contributed by atoms with Gasteiger partial charge in [0, 0.05) is 24.7 Å². The van der Waals surface area contributed by atoms with E-state index in [0.29, 0.717) is 12.1 Å².